The second kappa shape index (κ2) is 6.36. The normalized spacial score (nSPS) is 11.2. The van der Waals surface area contributed by atoms with Crippen molar-refractivity contribution < 1.29 is 0 Å². The minimum absolute atomic E-state index is 0.414. The maximum absolute atomic E-state index is 9.53. The fourth-order valence-corrected chi connectivity index (χ4v) is 3.82. The van der Waals surface area contributed by atoms with Crippen LogP contribution in [0.2, 0.25) is 5.02 Å². The number of hydrogen-bond donors (Lipinski definition) is 1. The number of nitrogens with two attached hydrogens (primary N) is 1. The Labute approximate surface area is 171 Å². The van der Waals surface area contributed by atoms with Gasteiger partial charge in [-0.2, -0.15) is 5.26 Å². The first-order chi connectivity index (χ1) is 14.1. The van der Waals surface area contributed by atoms with E-state index in [1.54, 1.807) is 12.4 Å². The van der Waals surface area contributed by atoms with Crippen molar-refractivity contribution in [2.24, 2.45) is 0 Å². The number of aromatic nitrogens is 4. The molecule has 0 saturated carbocycles. The number of imidazole rings is 1. The second-order valence-corrected chi connectivity index (χ2v) is 7.26. The molecule has 4 aromatic heterocycles. The summed E-state index contributed by atoms with van der Waals surface area (Å²) in [6.45, 7) is 1.93. The van der Waals surface area contributed by atoms with Crippen LogP contribution in [0.4, 0.5) is 5.69 Å². The van der Waals surface area contributed by atoms with Gasteiger partial charge >= 0.3 is 0 Å². The molecule has 4 heterocycles. The van der Waals surface area contributed by atoms with E-state index in [1.165, 1.54) is 6.20 Å². The Morgan fingerprint density at radius 2 is 2.00 bits per heavy atom. The standard InChI is InChI=1S/C22H15ClN6/c1-13-6-20-16(7-14(13)8-24)18(17-9-26-10-19(25)22(17)23)12-29(20)15-2-3-21-27-4-5-28(21)11-15/h2-7,9-12H,25H2,1H3. The third-order valence-corrected chi connectivity index (χ3v) is 5.54. The van der Waals surface area contributed by atoms with Crippen LogP contribution >= 0.6 is 11.6 Å². The van der Waals surface area contributed by atoms with Crippen LogP contribution in [0, 0.1) is 18.3 Å². The summed E-state index contributed by atoms with van der Waals surface area (Å²) in [5.74, 6) is 0. The smallest absolute Gasteiger partial charge is 0.136 e. The lowest BCUT2D eigenvalue weighted by Crippen LogP contribution is -1.95. The van der Waals surface area contributed by atoms with Crippen molar-refractivity contribution in [3.8, 4) is 22.9 Å². The fraction of sp³-hybridized carbons (Fsp3) is 0.0455. The van der Waals surface area contributed by atoms with Crippen LogP contribution in [0.25, 0.3) is 33.4 Å². The highest BCUT2D eigenvalue weighted by atomic mass is 35.5. The van der Waals surface area contributed by atoms with Crippen molar-refractivity contribution in [1.82, 2.24) is 18.9 Å². The zero-order chi connectivity index (χ0) is 20.1. The van der Waals surface area contributed by atoms with Gasteiger partial charge in [-0.3, -0.25) is 4.98 Å². The molecule has 7 heteroatoms. The maximum Gasteiger partial charge on any atom is 0.136 e. The van der Waals surface area contributed by atoms with E-state index in [0.29, 0.717) is 16.3 Å². The SMILES string of the molecule is Cc1cc2c(cc1C#N)c(-c1cncc(N)c1Cl)cn2-c1ccc2nccn2c1. The highest BCUT2D eigenvalue weighted by Gasteiger charge is 2.17. The number of nitrogen functional groups attached to an aromatic ring is 1. The number of pyridine rings is 2. The van der Waals surface area contributed by atoms with Gasteiger partial charge in [0.05, 0.1) is 39.7 Å². The van der Waals surface area contributed by atoms with Crippen LogP contribution in [-0.2, 0) is 0 Å². The Bertz CT molecular complexity index is 1450. The molecule has 0 unspecified atom stereocenters. The molecule has 1 aromatic carbocycles. The van der Waals surface area contributed by atoms with E-state index in [9.17, 15) is 5.26 Å². The second-order valence-electron chi connectivity index (χ2n) is 6.88. The van der Waals surface area contributed by atoms with Gasteiger partial charge < -0.3 is 14.7 Å². The van der Waals surface area contributed by atoms with Crippen LogP contribution in [0.5, 0.6) is 0 Å². The van der Waals surface area contributed by atoms with Crippen LogP contribution in [0.1, 0.15) is 11.1 Å². The molecule has 2 N–H and O–H groups in total. The maximum atomic E-state index is 9.53. The Morgan fingerprint density at radius 3 is 2.83 bits per heavy atom. The summed E-state index contributed by atoms with van der Waals surface area (Å²) in [7, 11) is 0. The van der Waals surface area contributed by atoms with Crippen LogP contribution in [-0.4, -0.2) is 18.9 Å². The highest BCUT2D eigenvalue weighted by molar-refractivity contribution is 6.36. The number of anilines is 1. The predicted molar refractivity (Wildman–Crippen MR) is 114 cm³/mol. The van der Waals surface area contributed by atoms with Crippen molar-refractivity contribution in [2.75, 3.05) is 5.73 Å². The van der Waals surface area contributed by atoms with E-state index in [2.05, 4.69) is 20.6 Å². The molecule has 5 aromatic rings. The first-order valence-electron chi connectivity index (χ1n) is 8.95. The minimum Gasteiger partial charge on any atom is -0.396 e. The highest BCUT2D eigenvalue weighted by Crippen LogP contribution is 2.38. The third-order valence-electron chi connectivity index (χ3n) is 5.12. The average Bonchev–Trinajstić information content (AvgIpc) is 3.33. The van der Waals surface area contributed by atoms with Gasteiger partial charge in [0.15, 0.2) is 0 Å². The Hall–Kier alpha value is -3.82. The van der Waals surface area contributed by atoms with E-state index < -0.39 is 0 Å². The van der Waals surface area contributed by atoms with Gasteiger partial charge in [-0.1, -0.05) is 11.6 Å². The fourth-order valence-electron chi connectivity index (χ4n) is 3.62. The molecular weight excluding hydrogens is 384 g/mol. The van der Waals surface area contributed by atoms with Gasteiger partial charge in [-0.25, -0.2) is 4.98 Å². The minimum atomic E-state index is 0.414. The van der Waals surface area contributed by atoms with Gasteiger partial charge in [-0.05, 0) is 36.8 Å². The molecule has 0 spiro atoms. The molecule has 0 atom stereocenters. The molecule has 0 aliphatic heterocycles. The summed E-state index contributed by atoms with van der Waals surface area (Å²) in [5, 5.41) is 10.9. The van der Waals surface area contributed by atoms with Crippen LogP contribution < -0.4 is 5.73 Å². The summed E-state index contributed by atoms with van der Waals surface area (Å²) < 4.78 is 4.05. The van der Waals surface area contributed by atoms with Crippen molar-refractivity contribution >= 4 is 33.8 Å². The van der Waals surface area contributed by atoms with Crippen molar-refractivity contribution in [3.63, 3.8) is 0 Å². The molecule has 6 nitrogen and oxygen atoms in total. The molecule has 0 radical (unpaired) electrons. The summed E-state index contributed by atoms with van der Waals surface area (Å²) in [6, 6.07) is 10.2. The molecule has 29 heavy (non-hydrogen) atoms. The average molecular weight is 399 g/mol. The molecule has 0 aliphatic carbocycles. The largest absolute Gasteiger partial charge is 0.396 e. The third kappa shape index (κ3) is 2.64. The van der Waals surface area contributed by atoms with Crippen LogP contribution in [0.3, 0.4) is 0 Å². The monoisotopic (exact) mass is 398 g/mol. The number of benzene rings is 1. The van der Waals surface area contributed by atoms with E-state index in [0.717, 1.165) is 38.9 Å². The molecule has 0 bridgehead atoms. The molecule has 140 valence electrons. The Balaban J connectivity index is 1.86. The zero-order valence-electron chi connectivity index (χ0n) is 15.5. The summed E-state index contributed by atoms with van der Waals surface area (Å²) in [6.07, 6.45) is 10.9. The Kier molecular flexibility index (Phi) is 3.79. The predicted octanol–water partition coefficient (Wildman–Crippen LogP) is 4.76. The number of hydrogen-bond acceptors (Lipinski definition) is 4. The van der Waals surface area contributed by atoms with Gasteiger partial charge in [0, 0.05) is 47.5 Å². The van der Waals surface area contributed by atoms with E-state index in [4.69, 9.17) is 17.3 Å². The van der Waals surface area contributed by atoms with Crippen molar-refractivity contribution in [1.29, 1.82) is 5.26 Å². The quantitative estimate of drug-likeness (QED) is 0.464. The molecule has 5 rings (SSSR count). The molecule has 0 fully saturated rings. The van der Waals surface area contributed by atoms with Gasteiger partial charge in [-0.15, -0.1) is 0 Å². The van der Waals surface area contributed by atoms with E-state index in [1.807, 2.05) is 54.2 Å². The lowest BCUT2D eigenvalue weighted by atomic mass is 10.0. The first kappa shape index (κ1) is 17.3. The summed E-state index contributed by atoms with van der Waals surface area (Å²) in [5.41, 5.74) is 12.3. The molecular formula is C22H15ClN6. The van der Waals surface area contributed by atoms with Gasteiger partial charge in [0.25, 0.3) is 0 Å². The summed E-state index contributed by atoms with van der Waals surface area (Å²) in [4.78, 5) is 8.51. The van der Waals surface area contributed by atoms with Gasteiger partial charge in [0.2, 0.25) is 0 Å². The van der Waals surface area contributed by atoms with Crippen molar-refractivity contribution in [2.45, 2.75) is 6.92 Å². The summed E-state index contributed by atoms with van der Waals surface area (Å²) >= 11 is 6.50. The molecule has 0 aliphatic rings. The number of nitrogens with zero attached hydrogens (tertiary/aromatic N) is 5. The lowest BCUT2D eigenvalue weighted by molar-refractivity contribution is 1.07. The van der Waals surface area contributed by atoms with E-state index >= 15 is 0 Å². The number of fused-ring (bicyclic) bond motifs is 2. The topological polar surface area (TPSA) is 84.9 Å². The van der Waals surface area contributed by atoms with Crippen LogP contribution in [0.15, 0.2) is 61.4 Å². The van der Waals surface area contributed by atoms with Crippen molar-refractivity contribution in [3.05, 3.63) is 77.6 Å². The molecule has 0 saturated heterocycles. The molecule has 0 amide bonds. The lowest BCUT2D eigenvalue weighted by Gasteiger charge is -2.07. The van der Waals surface area contributed by atoms with Gasteiger partial charge in [0.1, 0.15) is 5.65 Å². The Morgan fingerprint density at radius 1 is 1.14 bits per heavy atom. The number of aryl methyl sites for hydroxylation is 1. The number of halogens is 1. The number of rotatable bonds is 2. The number of nitriles is 1. The first-order valence-corrected chi connectivity index (χ1v) is 9.33. The zero-order valence-corrected chi connectivity index (χ0v) is 16.2. The van der Waals surface area contributed by atoms with E-state index in [-0.39, 0.29) is 0 Å².